The predicted octanol–water partition coefficient (Wildman–Crippen LogP) is 1.28. The van der Waals surface area contributed by atoms with E-state index in [1.807, 2.05) is 4.90 Å². The molecule has 1 amide bonds. The Balaban J connectivity index is 0.00000338. The van der Waals surface area contributed by atoms with E-state index >= 15 is 0 Å². The molecular weight excluding hydrogens is 445 g/mol. The lowest BCUT2D eigenvalue weighted by atomic mass is 10.1. The molecule has 1 atom stereocenters. The first kappa shape index (κ1) is 23.4. The number of guanidine groups is 1. The van der Waals surface area contributed by atoms with Crippen LogP contribution in [0.5, 0.6) is 0 Å². The minimum atomic E-state index is -0.211. The average Bonchev–Trinajstić information content (AvgIpc) is 3.11. The highest BCUT2D eigenvalue weighted by Gasteiger charge is 2.30. The molecule has 0 radical (unpaired) electrons. The summed E-state index contributed by atoms with van der Waals surface area (Å²) in [5.74, 6) is 1.11. The van der Waals surface area contributed by atoms with Crippen molar-refractivity contribution in [3.8, 4) is 0 Å². The summed E-state index contributed by atoms with van der Waals surface area (Å²) >= 11 is 0. The minimum absolute atomic E-state index is 0. The van der Waals surface area contributed by atoms with Gasteiger partial charge in [0.2, 0.25) is 0 Å². The van der Waals surface area contributed by atoms with Gasteiger partial charge in [0.1, 0.15) is 6.10 Å². The molecule has 2 saturated heterocycles. The number of nitrogens with one attached hydrogen (secondary N) is 2. The number of aliphatic imine (C=N–C) groups is 1. The van der Waals surface area contributed by atoms with Crippen LogP contribution in [0.3, 0.4) is 0 Å². The first-order valence-corrected chi connectivity index (χ1v) is 9.59. The summed E-state index contributed by atoms with van der Waals surface area (Å²) in [6.45, 7) is 14.8. The zero-order chi connectivity index (χ0) is 18.3. The average molecular weight is 481 g/mol. The fourth-order valence-corrected chi connectivity index (χ4v) is 3.13. The summed E-state index contributed by atoms with van der Waals surface area (Å²) < 4.78 is 5.53. The molecule has 2 rings (SSSR count). The van der Waals surface area contributed by atoms with E-state index in [9.17, 15) is 4.79 Å². The van der Waals surface area contributed by atoms with E-state index in [-0.39, 0.29) is 41.5 Å². The molecule has 2 aliphatic heterocycles. The minimum Gasteiger partial charge on any atom is -0.368 e. The van der Waals surface area contributed by atoms with E-state index < -0.39 is 0 Å². The fourth-order valence-electron chi connectivity index (χ4n) is 3.13. The standard InChI is InChI=1S/C18H35N5O2.HI/c1-5-19-17(20-8-9-21-18(2,3)4)23-12-10-22(11-13-23)16(24)15-7-6-14-25-15;/h15,21H,5-14H2,1-4H3,(H,19,20);1H. The molecule has 0 aromatic rings. The summed E-state index contributed by atoms with van der Waals surface area (Å²) in [6, 6.07) is 0. The van der Waals surface area contributed by atoms with Crippen molar-refractivity contribution in [3.05, 3.63) is 0 Å². The number of piperazine rings is 1. The van der Waals surface area contributed by atoms with Gasteiger partial charge in [0, 0.05) is 51.4 Å². The molecule has 0 saturated carbocycles. The van der Waals surface area contributed by atoms with Gasteiger partial charge in [0.05, 0.1) is 6.54 Å². The largest absolute Gasteiger partial charge is 0.368 e. The summed E-state index contributed by atoms with van der Waals surface area (Å²) in [5.41, 5.74) is 0.113. The number of hydrogen-bond acceptors (Lipinski definition) is 4. The van der Waals surface area contributed by atoms with Gasteiger partial charge in [-0.15, -0.1) is 24.0 Å². The van der Waals surface area contributed by atoms with Gasteiger partial charge in [-0.25, -0.2) is 0 Å². The van der Waals surface area contributed by atoms with Crippen LogP contribution in [0.25, 0.3) is 0 Å². The normalized spacial score (nSPS) is 21.5. The summed E-state index contributed by atoms with van der Waals surface area (Å²) in [7, 11) is 0. The third-order valence-corrected chi connectivity index (χ3v) is 4.46. The van der Waals surface area contributed by atoms with Crippen LogP contribution in [0.2, 0.25) is 0 Å². The van der Waals surface area contributed by atoms with Crippen LogP contribution >= 0.6 is 24.0 Å². The van der Waals surface area contributed by atoms with Crippen LogP contribution in [0.4, 0.5) is 0 Å². The van der Waals surface area contributed by atoms with Gasteiger partial charge in [-0.2, -0.15) is 0 Å². The Morgan fingerprint density at radius 3 is 2.38 bits per heavy atom. The number of hydrogen-bond donors (Lipinski definition) is 2. The van der Waals surface area contributed by atoms with Crippen molar-refractivity contribution < 1.29 is 9.53 Å². The zero-order valence-corrected chi connectivity index (χ0v) is 19.0. The lowest BCUT2D eigenvalue weighted by Crippen LogP contribution is -2.55. The van der Waals surface area contributed by atoms with Gasteiger partial charge in [0.15, 0.2) is 5.96 Å². The number of ether oxygens (including phenoxy) is 1. The maximum atomic E-state index is 12.4. The Morgan fingerprint density at radius 2 is 1.85 bits per heavy atom. The number of nitrogens with zero attached hydrogens (tertiary/aromatic N) is 3. The van der Waals surface area contributed by atoms with Crippen molar-refractivity contribution >= 4 is 35.8 Å². The van der Waals surface area contributed by atoms with Crippen molar-refractivity contribution in [1.29, 1.82) is 0 Å². The highest BCUT2D eigenvalue weighted by atomic mass is 127. The lowest BCUT2D eigenvalue weighted by Gasteiger charge is -2.37. The predicted molar refractivity (Wildman–Crippen MR) is 116 cm³/mol. The number of halogens is 1. The van der Waals surface area contributed by atoms with Gasteiger partial charge in [-0.1, -0.05) is 0 Å². The molecule has 0 spiro atoms. The van der Waals surface area contributed by atoms with Gasteiger partial charge in [0.25, 0.3) is 5.91 Å². The molecule has 8 heteroatoms. The summed E-state index contributed by atoms with van der Waals surface area (Å²) in [5, 5.41) is 6.82. The number of amides is 1. The quantitative estimate of drug-likeness (QED) is 0.268. The molecule has 2 N–H and O–H groups in total. The van der Waals surface area contributed by atoms with Gasteiger partial charge in [-0.3, -0.25) is 9.79 Å². The highest BCUT2D eigenvalue weighted by molar-refractivity contribution is 14.0. The van der Waals surface area contributed by atoms with Crippen molar-refractivity contribution in [3.63, 3.8) is 0 Å². The molecule has 1 unspecified atom stereocenters. The van der Waals surface area contributed by atoms with Crippen molar-refractivity contribution in [2.75, 3.05) is 52.4 Å². The smallest absolute Gasteiger partial charge is 0.251 e. The molecule has 26 heavy (non-hydrogen) atoms. The van der Waals surface area contributed by atoms with E-state index in [1.165, 1.54) is 0 Å². The van der Waals surface area contributed by atoms with Crippen LogP contribution in [0.15, 0.2) is 4.99 Å². The molecule has 0 bridgehead atoms. The Labute approximate surface area is 175 Å². The Morgan fingerprint density at radius 1 is 1.19 bits per heavy atom. The second kappa shape index (κ2) is 11.3. The fraction of sp³-hybridized carbons (Fsp3) is 0.889. The number of rotatable bonds is 5. The van der Waals surface area contributed by atoms with Gasteiger partial charge < -0.3 is 25.2 Å². The molecule has 7 nitrogen and oxygen atoms in total. The SMILES string of the molecule is CCNC(=NCCNC(C)(C)C)N1CCN(C(=O)C2CCCO2)CC1.I. The molecule has 0 aromatic heterocycles. The molecular formula is C18H36IN5O2. The highest BCUT2D eigenvalue weighted by Crippen LogP contribution is 2.16. The van der Waals surface area contributed by atoms with Crippen LogP contribution < -0.4 is 10.6 Å². The second-order valence-electron chi connectivity index (χ2n) is 7.73. The van der Waals surface area contributed by atoms with Crippen LogP contribution in [0, 0.1) is 0 Å². The first-order valence-electron chi connectivity index (χ1n) is 9.59. The van der Waals surface area contributed by atoms with E-state index in [2.05, 4.69) is 43.2 Å². The van der Waals surface area contributed by atoms with Crippen LogP contribution in [-0.2, 0) is 9.53 Å². The maximum absolute atomic E-state index is 12.4. The molecule has 2 heterocycles. The molecule has 0 aliphatic carbocycles. The number of carbonyl (C=O) groups excluding carboxylic acids is 1. The molecule has 2 aliphatic rings. The van der Waals surface area contributed by atoms with E-state index in [1.54, 1.807) is 0 Å². The molecule has 2 fully saturated rings. The monoisotopic (exact) mass is 481 g/mol. The van der Waals surface area contributed by atoms with Crippen molar-refractivity contribution in [1.82, 2.24) is 20.4 Å². The molecule has 0 aromatic carbocycles. The van der Waals surface area contributed by atoms with E-state index in [0.29, 0.717) is 0 Å². The summed E-state index contributed by atoms with van der Waals surface area (Å²) in [4.78, 5) is 21.4. The van der Waals surface area contributed by atoms with Crippen molar-refractivity contribution in [2.24, 2.45) is 4.99 Å². The third-order valence-electron chi connectivity index (χ3n) is 4.46. The first-order chi connectivity index (χ1) is 11.9. The lowest BCUT2D eigenvalue weighted by molar-refractivity contribution is -0.142. The van der Waals surface area contributed by atoms with Gasteiger partial charge in [-0.05, 0) is 40.5 Å². The Hall–Kier alpha value is -0.610. The van der Waals surface area contributed by atoms with Crippen LogP contribution in [0.1, 0.15) is 40.5 Å². The Kier molecular flexibility index (Phi) is 10.2. The van der Waals surface area contributed by atoms with E-state index in [4.69, 9.17) is 9.73 Å². The maximum Gasteiger partial charge on any atom is 0.251 e. The van der Waals surface area contributed by atoms with Crippen LogP contribution in [-0.4, -0.2) is 85.7 Å². The summed E-state index contributed by atoms with van der Waals surface area (Å²) in [6.07, 6.45) is 1.65. The topological polar surface area (TPSA) is 69.2 Å². The molecule has 152 valence electrons. The second-order valence-corrected chi connectivity index (χ2v) is 7.73. The van der Waals surface area contributed by atoms with E-state index in [0.717, 1.165) is 71.2 Å². The zero-order valence-electron chi connectivity index (χ0n) is 16.7. The van der Waals surface area contributed by atoms with Gasteiger partial charge >= 0.3 is 0 Å². The Bertz CT molecular complexity index is 453. The third kappa shape index (κ3) is 7.56. The van der Waals surface area contributed by atoms with Crippen molar-refractivity contribution in [2.45, 2.75) is 52.2 Å². The number of carbonyl (C=O) groups is 1.